The van der Waals surface area contributed by atoms with E-state index in [4.69, 9.17) is 16.3 Å². The van der Waals surface area contributed by atoms with Gasteiger partial charge in [0.15, 0.2) is 0 Å². The standard InChI is InChI=1S/C19H20ClF3N2O3/c1-18(2,3)28-17(27)11-25-15(8-9-19(21,22)23)24-14(10-16(25)26)12-4-6-13(20)7-5-12/h4-7,10H,8-9,11H2,1-3H3. The van der Waals surface area contributed by atoms with E-state index in [0.717, 1.165) is 4.57 Å². The molecule has 2 aromatic rings. The van der Waals surface area contributed by atoms with Crippen LogP contribution in [0.4, 0.5) is 13.2 Å². The lowest BCUT2D eigenvalue weighted by molar-refractivity contribution is -0.155. The number of rotatable bonds is 5. The Hall–Kier alpha value is -2.35. The summed E-state index contributed by atoms with van der Waals surface area (Å²) in [7, 11) is 0. The van der Waals surface area contributed by atoms with E-state index < -0.39 is 42.7 Å². The lowest BCUT2D eigenvalue weighted by Crippen LogP contribution is -2.33. The maximum Gasteiger partial charge on any atom is 0.389 e. The van der Waals surface area contributed by atoms with Gasteiger partial charge in [-0.3, -0.25) is 14.2 Å². The highest BCUT2D eigenvalue weighted by molar-refractivity contribution is 6.30. The van der Waals surface area contributed by atoms with Crippen molar-refractivity contribution in [2.24, 2.45) is 0 Å². The number of carbonyl (C=O) groups is 1. The number of esters is 1. The van der Waals surface area contributed by atoms with E-state index in [2.05, 4.69) is 4.98 Å². The van der Waals surface area contributed by atoms with E-state index in [-0.39, 0.29) is 11.5 Å². The number of benzene rings is 1. The van der Waals surface area contributed by atoms with Crippen molar-refractivity contribution >= 4 is 17.6 Å². The van der Waals surface area contributed by atoms with Crippen LogP contribution in [-0.4, -0.2) is 27.3 Å². The maximum absolute atomic E-state index is 12.7. The van der Waals surface area contributed by atoms with Gasteiger partial charge in [0.25, 0.3) is 5.56 Å². The molecule has 0 aliphatic carbocycles. The second-order valence-corrected chi connectivity index (χ2v) is 7.63. The van der Waals surface area contributed by atoms with Crippen molar-refractivity contribution in [2.45, 2.75) is 51.9 Å². The second kappa shape index (κ2) is 8.34. The molecule has 0 bridgehead atoms. The van der Waals surface area contributed by atoms with Crippen molar-refractivity contribution in [1.82, 2.24) is 9.55 Å². The summed E-state index contributed by atoms with van der Waals surface area (Å²) >= 11 is 5.83. The Balaban J connectivity index is 2.43. The van der Waals surface area contributed by atoms with Gasteiger partial charge >= 0.3 is 12.1 Å². The van der Waals surface area contributed by atoms with E-state index >= 15 is 0 Å². The summed E-state index contributed by atoms with van der Waals surface area (Å²) in [5.74, 6) is -0.871. The lowest BCUT2D eigenvalue weighted by atomic mass is 10.1. The fourth-order valence-electron chi connectivity index (χ4n) is 2.44. The van der Waals surface area contributed by atoms with E-state index in [9.17, 15) is 22.8 Å². The van der Waals surface area contributed by atoms with Crippen LogP contribution in [0.2, 0.25) is 5.02 Å². The van der Waals surface area contributed by atoms with Crippen LogP contribution in [0.1, 0.15) is 33.0 Å². The Bertz CT molecular complexity index is 901. The molecule has 0 saturated heterocycles. The number of alkyl halides is 3. The summed E-state index contributed by atoms with van der Waals surface area (Å²) in [5, 5.41) is 0.472. The molecule has 1 aromatic heterocycles. The third kappa shape index (κ3) is 6.67. The second-order valence-electron chi connectivity index (χ2n) is 7.19. The molecule has 0 radical (unpaired) electrons. The largest absolute Gasteiger partial charge is 0.459 e. The molecule has 152 valence electrons. The summed E-state index contributed by atoms with van der Waals surface area (Å²) in [6.45, 7) is 4.44. The highest BCUT2D eigenvalue weighted by atomic mass is 35.5. The lowest BCUT2D eigenvalue weighted by Gasteiger charge is -2.21. The maximum atomic E-state index is 12.7. The zero-order valence-electron chi connectivity index (χ0n) is 15.6. The number of carbonyl (C=O) groups excluding carboxylic acids is 1. The molecule has 0 saturated carbocycles. The average Bonchev–Trinajstić information content (AvgIpc) is 2.53. The predicted molar refractivity (Wildman–Crippen MR) is 99.2 cm³/mol. The number of aromatic nitrogens is 2. The molecule has 0 fully saturated rings. The van der Waals surface area contributed by atoms with Gasteiger partial charge < -0.3 is 4.74 Å². The van der Waals surface area contributed by atoms with Crippen molar-refractivity contribution in [3.05, 3.63) is 51.5 Å². The normalized spacial score (nSPS) is 12.1. The minimum Gasteiger partial charge on any atom is -0.459 e. The van der Waals surface area contributed by atoms with Gasteiger partial charge in [0.05, 0.1) is 12.1 Å². The molecule has 0 amide bonds. The number of aryl methyl sites for hydroxylation is 1. The quantitative estimate of drug-likeness (QED) is 0.678. The zero-order chi connectivity index (χ0) is 21.1. The fourth-order valence-corrected chi connectivity index (χ4v) is 2.56. The molecule has 2 rings (SSSR count). The van der Waals surface area contributed by atoms with Crippen LogP contribution in [0.25, 0.3) is 11.3 Å². The monoisotopic (exact) mass is 416 g/mol. The van der Waals surface area contributed by atoms with Gasteiger partial charge in [-0.05, 0) is 32.9 Å². The van der Waals surface area contributed by atoms with Crippen LogP contribution >= 0.6 is 11.6 Å². The highest BCUT2D eigenvalue weighted by Crippen LogP contribution is 2.23. The van der Waals surface area contributed by atoms with Crippen molar-refractivity contribution in [1.29, 1.82) is 0 Å². The van der Waals surface area contributed by atoms with Gasteiger partial charge in [-0.1, -0.05) is 23.7 Å². The molecule has 1 heterocycles. The van der Waals surface area contributed by atoms with Crippen molar-refractivity contribution < 1.29 is 22.7 Å². The third-order valence-corrected chi connectivity index (χ3v) is 3.82. The van der Waals surface area contributed by atoms with Crippen molar-refractivity contribution in [3.63, 3.8) is 0 Å². The summed E-state index contributed by atoms with van der Waals surface area (Å²) in [5.41, 5.74) is -0.690. The van der Waals surface area contributed by atoms with Crippen LogP contribution in [0.15, 0.2) is 35.1 Å². The first-order chi connectivity index (χ1) is 12.8. The number of hydrogen-bond acceptors (Lipinski definition) is 4. The molecule has 5 nitrogen and oxygen atoms in total. The van der Waals surface area contributed by atoms with Crippen LogP contribution in [0.5, 0.6) is 0 Å². The van der Waals surface area contributed by atoms with E-state index in [1.54, 1.807) is 45.0 Å². The molecule has 9 heteroatoms. The van der Waals surface area contributed by atoms with Gasteiger partial charge in [0, 0.05) is 23.1 Å². The number of hydrogen-bond donors (Lipinski definition) is 0. The SMILES string of the molecule is CC(C)(C)OC(=O)Cn1c(CCC(F)(F)F)nc(-c2ccc(Cl)cc2)cc1=O. The predicted octanol–water partition coefficient (Wildman–Crippen LogP) is 4.40. The molecule has 0 aliphatic heterocycles. The Morgan fingerprint density at radius 1 is 1.18 bits per heavy atom. The summed E-state index contributed by atoms with van der Waals surface area (Å²) in [6.07, 6.45) is -6.13. The first-order valence-corrected chi connectivity index (χ1v) is 8.87. The molecule has 0 unspecified atom stereocenters. The molecule has 0 spiro atoms. The van der Waals surface area contributed by atoms with Gasteiger partial charge in [-0.25, -0.2) is 4.98 Å². The highest BCUT2D eigenvalue weighted by Gasteiger charge is 2.28. The van der Waals surface area contributed by atoms with E-state index in [0.29, 0.717) is 10.6 Å². The number of halogens is 4. The Kier molecular flexibility index (Phi) is 6.54. The summed E-state index contributed by atoms with van der Waals surface area (Å²) in [6, 6.07) is 7.55. The van der Waals surface area contributed by atoms with Gasteiger partial charge in [0.1, 0.15) is 18.0 Å². The Morgan fingerprint density at radius 2 is 1.79 bits per heavy atom. The van der Waals surface area contributed by atoms with Crippen LogP contribution in [0, 0.1) is 0 Å². The summed E-state index contributed by atoms with van der Waals surface area (Å²) < 4.78 is 44.2. The molecule has 1 aromatic carbocycles. The molecule has 0 aliphatic rings. The van der Waals surface area contributed by atoms with Gasteiger partial charge in [-0.15, -0.1) is 0 Å². The Morgan fingerprint density at radius 3 is 2.32 bits per heavy atom. The topological polar surface area (TPSA) is 61.2 Å². The molecular formula is C19H20ClF3N2O3. The van der Waals surface area contributed by atoms with Gasteiger partial charge in [-0.2, -0.15) is 13.2 Å². The molecular weight excluding hydrogens is 397 g/mol. The van der Waals surface area contributed by atoms with Crippen LogP contribution < -0.4 is 5.56 Å². The molecule has 28 heavy (non-hydrogen) atoms. The molecule has 0 N–H and O–H groups in total. The minimum absolute atomic E-state index is 0.138. The van der Waals surface area contributed by atoms with Crippen molar-refractivity contribution in [3.8, 4) is 11.3 Å². The van der Waals surface area contributed by atoms with Crippen molar-refractivity contribution in [2.75, 3.05) is 0 Å². The fraction of sp³-hybridized carbons (Fsp3) is 0.421. The number of ether oxygens (including phenoxy) is 1. The van der Waals surface area contributed by atoms with Crippen LogP contribution in [0.3, 0.4) is 0 Å². The first-order valence-electron chi connectivity index (χ1n) is 8.49. The Labute approximate surface area is 165 Å². The van der Waals surface area contributed by atoms with Gasteiger partial charge in [0.2, 0.25) is 0 Å². The number of nitrogens with zero attached hydrogens (tertiary/aromatic N) is 2. The first kappa shape index (κ1) is 21.9. The molecule has 0 atom stereocenters. The third-order valence-electron chi connectivity index (χ3n) is 3.57. The van der Waals surface area contributed by atoms with E-state index in [1.807, 2.05) is 0 Å². The van der Waals surface area contributed by atoms with Crippen LogP contribution in [-0.2, 0) is 22.5 Å². The zero-order valence-corrected chi connectivity index (χ0v) is 16.4. The van der Waals surface area contributed by atoms with E-state index in [1.165, 1.54) is 6.07 Å². The minimum atomic E-state index is -4.43. The average molecular weight is 417 g/mol. The summed E-state index contributed by atoms with van der Waals surface area (Å²) in [4.78, 5) is 28.8. The smallest absolute Gasteiger partial charge is 0.389 e.